The van der Waals surface area contributed by atoms with Crippen LogP contribution in [0.25, 0.3) is 10.2 Å². The first-order valence-corrected chi connectivity index (χ1v) is 9.42. The van der Waals surface area contributed by atoms with Crippen LogP contribution in [0.3, 0.4) is 0 Å². The van der Waals surface area contributed by atoms with Crippen molar-refractivity contribution >= 4 is 32.7 Å². The number of aryl methyl sites for hydroxylation is 1. The van der Waals surface area contributed by atoms with Gasteiger partial charge in [0.2, 0.25) is 0 Å². The Hall–Kier alpha value is -2.60. The second kappa shape index (κ2) is 8.19. The molecule has 0 fully saturated rings. The van der Waals surface area contributed by atoms with Gasteiger partial charge in [0, 0.05) is 6.42 Å². The molecule has 0 bridgehead atoms. The molecule has 0 spiro atoms. The number of carbonyl (C=O) groups is 1. The van der Waals surface area contributed by atoms with Gasteiger partial charge < -0.3 is 15.6 Å². The lowest BCUT2D eigenvalue weighted by molar-refractivity contribution is -0.136. The molecule has 0 aliphatic heterocycles. The molecule has 136 valence electrons. The number of nitrogens with two attached hydrogens (primary N) is 1. The maximum atomic E-state index is 10.6. The number of nitrogens with zero attached hydrogens (tertiary/aromatic N) is 1. The van der Waals surface area contributed by atoms with Gasteiger partial charge in [-0.3, -0.25) is 4.79 Å². The second-order valence-electron chi connectivity index (χ2n) is 6.36. The third-order valence-corrected chi connectivity index (χ3v) is 5.22. The topological polar surface area (TPSA) is 85.4 Å². The Kier molecular flexibility index (Phi) is 5.73. The molecule has 0 saturated carbocycles. The first-order chi connectivity index (χ1) is 12.5. The van der Waals surface area contributed by atoms with Crippen LogP contribution in [0.15, 0.2) is 42.5 Å². The minimum absolute atomic E-state index is 0.146. The van der Waals surface area contributed by atoms with Crippen LogP contribution in [-0.2, 0) is 11.2 Å². The van der Waals surface area contributed by atoms with Gasteiger partial charge in [-0.1, -0.05) is 36.5 Å². The molecule has 1 aromatic heterocycles. The normalized spacial score (nSPS) is 12.2. The molecule has 3 aromatic rings. The van der Waals surface area contributed by atoms with Crippen molar-refractivity contribution in [2.45, 2.75) is 32.1 Å². The highest BCUT2D eigenvalue weighted by Gasteiger charge is 2.09. The lowest BCUT2D eigenvalue weighted by Crippen LogP contribution is -2.03. The number of hydrogen-bond donors (Lipinski definition) is 2. The summed E-state index contributed by atoms with van der Waals surface area (Å²) in [5.74, 6) is 0.401. The van der Waals surface area contributed by atoms with Crippen LogP contribution >= 0.6 is 11.3 Å². The summed E-state index contributed by atoms with van der Waals surface area (Å²) in [4.78, 5) is 14.9. The number of fused-ring (bicyclic) bond motifs is 1. The van der Waals surface area contributed by atoms with Gasteiger partial charge in [0.05, 0.1) is 16.8 Å². The molecule has 0 aliphatic rings. The molecule has 3 N–H and O–H groups in total. The van der Waals surface area contributed by atoms with E-state index >= 15 is 0 Å². The summed E-state index contributed by atoms with van der Waals surface area (Å²) in [5, 5.41) is 9.31. The maximum absolute atomic E-state index is 10.6. The molecule has 6 heteroatoms. The number of benzene rings is 2. The van der Waals surface area contributed by atoms with Crippen LogP contribution in [0.5, 0.6) is 5.75 Å². The van der Waals surface area contributed by atoms with Crippen molar-refractivity contribution in [1.82, 2.24) is 4.98 Å². The summed E-state index contributed by atoms with van der Waals surface area (Å²) in [6.45, 7) is 2.81. The zero-order chi connectivity index (χ0) is 18.5. The lowest BCUT2D eigenvalue weighted by Gasteiger charge is -2.13. The zero-order valence-corrected chi connectivity index (χ0v) is 15.5. The Morgan fingerprint density at radius 2 is 2.04 bits per heavy atom. The van der Waals surface area contributed by atoms with Gasteiger partial charge in [-0.05, 0) is 54.2 Å². The molecule has 0 amide bonds. The predicted octanol–water partition coefficient (Wildman–Crippen LogP) is 4.47. The quantitative estimate of drug-likeness (QED) is 0.611. The molecule has 2 aromatic carbocycles. The average Bonchev–Trinajstić information content (AvgIpc) is 3.00. The number of thiazole rings is 1. The van der Waals surface area contributed by atoms with Crippen molar-refractivity contribution in [3.8, 4) is 5.75 Å². The largest absolute Gasteiger partial charge is 0.494 e. The number of nitrogen functional groups attached to an aromatic ring is 1. The fourth-order valence-corrected chi connectivity index (χ4v) is 3.57. The van der Waals surface area contributed by atoms with Gasteiger partial charge in [0.1, 0.15) is 5.75 Å². The number of carboxylic acid groups (broad SMARTS) is 1. The van der Waals surface area contributed by atoms with E-state index in [0.29, 0.717) is 24.1 Å². The van der Waals surface area contributed by atoms with Crippen LogP contribution in [0.1, 0.15) is 36.8 Å². The second-order valence-corrected chi connectivity index (χ2v) is 7.42. The molecular formula is C20H22N2O3S. The van der Waals surface area contributed by atoms with Crippen LogP contribution in [-0.4, -0.2) is 22.7 Å². The summed E-state index contributed by atoms with van der Waals surface area (Å²) in [6, 6.07) is 13.9. The summed E-state index contributed by atoms with van der Waals surface area (Å²) in [5.41, 5.74) is 8.97. The van der Waals surface area contributed by atoms with E-state index in [4.69, 9.17) is 15.6 Å². The Balaban J connectivity index is 1.50. The molecule has 0 aliphatic carbocycles. The van der Waals surface area contributed by atoms with Gasteiger partial charge in [-0.25, -0.2) is 4.98 Å². The number of aromatic nitrogens is 1. The van der Waals surface area contributed by atoms with Crippen molar-refractivity contribution in [3.63, 3.8) is 0 Å². The Bertz CT molecular complexity index is 890. The Morgan fingerprint density at radius 1 is 1.27 bits per heavy atom. The number of aliphatic carboxylic acids is 1. The molecule has 26 heavy (non-hydrogen) atoms. The van der Waals surface area contributed by atoms with Gasteiger partial charge in [-0.15, -0.1) is 0 Å². The van der Waals surface area contributed by atoms with Gasteiger partial charge in [0.25, 0.3) is 0 Å². The van der Waals surface area contributed by atoms with E-state index < -0.39 is 5.97 Å². The van der Waals surface area contributed by atoms with E-state index in [0.717, 1.165) is 28.0 Å². The summed E-state index contributed by atoms with van der Waals surface area (Å²) in [7, 11) is 0. The number of anilines is 1. The SMILES string of the molecule is CC(CCOc1ccc(CCC(=O)O)cc1)c1ccc2nc(N)sc2c1. The van der Waals surface area contributed by atoms with E-state index in [1.165, 1.54) is 16.9 Å². The third kappa shape index (κ3) is 4.73. The van der Waals surface area contributed by atoms with E-state index in [2.05, 4.69) is 24.0 Å². The van der Waals surface area contributed by atoms with E-state index in [1.54, 1.807) is 0 Å². The molecule has 0 radical (unpaired) electrons. The Morgan fingerprint density at radius 3 is 2.77 bits per heavy atom. The monoisotopic (exact) mass is 370 g/mol. The summed E-state index contributed by atoms with van der Waals surface area (Å²) < 4.78 is 6.94. The molecule has 5 nitrogen and oxygen atoms in total. The van der Waals surface area contributed by atoms with Crippen molar-refractivity contribution < 1.29 is 14.6 Å². The van der Waals surface area contributed by atoms with Crippen molar-refractivity contribution in [1.29, 1.82) is 0 Å². The average molecular weight is 370 g/mol. The Labute approximate surface area is 156 Å². The van der Waals surface area contributed by atoms with Crippen molar-refractivity contribution in [2.24, 2.45) is 0 Å². The van der Waals surface area contributed by atoms with Crippen LogP contribution in [0.2, 0.25) is 0 Å². The van der Waals surface area contributed by atoms with E-state index in [1.807, 2.05) is 30.3 Å². The maximum Gasteiger partial charge on any atom is 0.303 e. The minimum atomic E-state index is -0.779. The number of ether oxygens (including phenoxy) is 1. The van der Waals surface area contributed by atoms with Crippen molar-refractivity contribution in [2.75, 3.05) is 12.3 Å². The zero-order valence-electron chi connectivity index (χ0n) is 14.6. The van der Waals surface area contributed by atoms with Crippen molar-refractivity contribution in [3.05, 3.63) is 53.6 Å². The molecule has 3 rings (SSSR count). The van der Waals surface area contributed by atoms with Gasteiger partial charge in [0.15, 0.2) is 5.13 Å². The lowest BCUT2D eigenvalue weighted by atomic mass is 9.98. The fraction of sp³-hybridized carbons (Fsp3) is 0.300. The minimum Gasteiger partial charge on any atom is -0.494 e. The van der Waals surface area contributed by atoms with Gasteiger partial charge >= 0.3 is 5.97 Å². The van der Waals surface area contributed by atoms with Crippen LogP contribution < -0.4 is 10.5 Å². The third-order valence-electron chi connectivity index (χ3n) is 4.37. The summed E-state index contributed by atoms with van der Waals surface area (Å²) in [6.07, 6.45) is 1.59. The van der Waals surface area contributed by atoms with Crippen LogP contribution in [0, 0.1) is 0 Å². The number of rotatable bonds is 8. The molecule has 0 saturated heterocycles. The predicted molar refractivity (Wildman–Crippen MR) is 105 cm³/mol. The first kappa shape index (κ1) is 18.2. The van der Waals surface area contributed by atoms with Crippen LogP contribution in [0.4, 0.5) is 5.13 Å². The first-order valence-electron chi connectivity index (χ1n) is 8.61. The molecule has 1 unspecified atom stereocenters. The van der Waals surface area contributed by atoms with E-state index in [9.17, 15) is 4.79 Å². The van der Waals surface area contributed by atoms with Gasteiger partial charge in [-0.2, -0.15) is 0 Å². The highest BCUT2D eigenvalue weighted by molar-refractivity contribution is 7.22. The molecular weight excluding hydrogens is 348 g/mol. The highest BCUT2D eigenvalue weighted by atomic mass is 32.1. The molecule has 1 heterocycles. The molecule has 1 atom stereocenters. The standard InChI is InChI=1S/C20H22N2O3S/c1-13(15-5-8-17-18(12-15)26-20(21)22-17)10-11-25-16-6-2-14(3-7-16)4-9-19(23)24/h2-3,5-8,12-13H,4,9-11H2,1H3,(H2,21,22)(H,23,24). The summed E-state index contributed by atoms with van der Waals surface area (Å²) >= 11 is 1.51. The smallest absolute Gasteiger partial charge is 0.303 e. The highest BCUT2D eigenvalue weighted by Crippen LogP contribution is 2.28. The number of carboxylic acids is 1. The number of hydrogen-bond acceptors (Lipinski definition) is 5. The fourth-order valence-electron chi connectivity index (χ4n) is 2.79. The van der Waals surface area contributed by atoms with E-state index in [-0.39, 0.29) is 6.42 Å².